The van der Waals surface area contributed by atoms with E-state index >= 15 is 0 Å². The van der Waals surface area contributed by atoms with Crippen molar-refractivity contribution in [2.75, 3.05) is 0 Å². The van der Waals surface area contributed by atoms with Gasteiger partial charge >= 0.3 is 0 Å². The fourth-order valence-electron chi connectivity index (χ4n) is 1.20. The lowest BCUT2D eigenvalue weighted by Crippen LogP contribution is -2.00. The van der Waals surface area contributed by atoms with Gasteiger partial charge in [0.15, 0.2) is 5.78 Å². The smallest absolute Gasteiger partial charge is 0.194 e. The molecule has 0 saturated heterocycles. The van der Waals surface area contributed by atoms with Gasteiger partial charge in [-0.3, -0.25) is 9.78 Å². The number of hydrogen-bond acceptors (Lipinski definition) is 2. The van der Waals surface area contributed by atoms with Crippen molar-refractivity contribution in [1.82, 2.24) is 4.98 Å². The average Bonchev–Trinajstić information content (AvgIpc) is 2.30. The molecule has 0 spiro atoms. The Bertz CT molecular complexity index is 381. The lowest BCUT2D eigenvalue weighted by Gasteiger charge is -1.98. The Morgan fingerprint density at radius 3 is 2.71 bits per heavy atom. The van der Waals surface area contributed by atoms with Gasteiger partial charge in [0, 0.05) is 23.5 Å². The Labute approximate surface area is 82.2 Å². The van der Waals surface area contributed by atoms with Crippen molar-refractivity contribution in [1.29, 1.82) is 0 Å². The molecule has 1 radical (unpaired) electrons. The Kier molecular flexibility index (Phi) is 2.36. The highest BCUT2D eigenvalue weighted by Gasteiger charge is 2.06. The van der Waals surface area contributed by atoms with Gasteiger partial charge in [0.2, 0.25) is 0 Å². The number of carbonyl (C=O) groups is 1. The van der Waals surface area contributed by atoms with E-state index in [1.54, 1.807) is 48.8 Å². The molecule has 0 aliphatic heterocycles. The zero-order chi connectivity index (χ0) is 9.80. The van der Waals surface area contributed by atoms with Gasteiger partial charge in [0.1, 0.15) is 0 Å². The highest BCUT2D eigenvalue weighted by Crippen LogP contribution is 2.07. The van der Waals surface area contributed by atoms with Crippen LogP contribution in [0.25, 0.3) is 0 Å². The molecule has 1 aromatic carbocycles. The minimum Gasteiger partial charge on any atom is -0.289 e. The third kappa shape index (κ3) is 1.69. The lowest BCUT2D eigenvalue weighted by atomic mass is 10.1. The van der Waals surface area contributed by atoms with Crippen molar-refractivity contribution in [3.8, 4) is 0 Å². The van der Waals surface area contributed by atoms with E-state index < -0.39 is 0 Å². The zero-order valence-electron chi connectivity index (χ0n) is 7.47. The summed E-state index contributed by atoms with van der Waals surface area (Å²) >= 11 is 0. The predicted octanol–water partition coefficient (Wildman–Crippen LogP) is 2.11. The van der Waals surface area contributed by atoms with E-state index in [4.69, 9.17) is 0 Å². The first-order chi connectivity index (χ1) is 6.88. The molecule has 0 unspecified atom stereocenters. The van der Waals surface area contributed by atoms with E-state index in [2.05, 4.69) is 11.1 Å². The Balaban J connectivity index is 2.35. The van der Waals surface area contributed by atoms with Gasteiger partial charge in [0.05, 0.1) is 0 Å². The lowest BCUT2D eigenvalue weighted by molar-refractivity contribution is 0.103. The van der Waals surface area contributed by atoms with E-state index in [9.17, 15) is 4.79 Å². The minimum atomic E-state index is -0.0186. The monoisotopic (exact) mass is 182 g/mol. The highest BCUT2D eigenvalue weighted by molar-refractivity contribution is 6.08. The van der Waals surface area contributed by atoms with Gasteiger partial charge in [-0.15, -0.1) is 0 Å². The van der Waals surface area contributed by atoms with Crippen LogP contribution in [0.5, 0.6) is 0 Å². The molecule has 0 aliphatic rings. The molecule has 0 fully saturated rings. The van der Waals surface area contributed by atoms with Crippen LogP contribution in [0.4, 0.5) is 0 Å². The number of pyridine rings is 1. The van der Waals surface area contributed by atoms with Crippen LogP contribution >= 0.6 is 0 Å². The summed E-state index contributed by atoms with van der Waals surface area (Å²) in [4.78, 5) is 15.7. The second kappa shape index (κ2) is 3.83. The van der Waals surface area contributed by atoms with E-state index in [-0.39, 0.29) is 5.78 Å². The van der Waals surface area contributed by atoms with Gasteiger partial charge in [-0.25, -0.2) is 0 Å². The summed E-state index contributed by atoms with van der Waals surface area (Å²) in [7, 11) is 0. The number of hydrogen-bond donors (Lipinski definition) is 0. The van der Waals surface area contributed by atoms with E-state index in [0.29, 0.717) is 11.1 Å². The average molecular weight is 182 g/mol. The summed E-state index contributed by atoms with van der Waals surface area (Å²) in [5.74, 6) is -0.0186. The van der Waals surface area contributed by atoms with Crippen LogP contribution in [0.3, 0.4) is 0 Å². The molecule has 0 bridgehead atoms. The van der Waals surface area contributed by atoms with Crippen molar-refractivity contribution >= 4 is 5.78 Å². The fourth-order valence-corrected chi connectivity index (χ4v) is 1.20. The number of aromatic nitrogens is 1. The molecule has 14 heavy (non-hydrogen) atoms. The molecular weight excluding hydrogens is 174 g/mol. The number of nitrogens with zero attached hydrogens (tertiary/aromatic N) is 1. The van der Waals surface area contributed by atoms with Crippen LogP contribution in [0.1, 0.15) is 15.9 Å². The summed E-state index contributed by atoms with van der Waals surface area (Å²) < 4.78 is 0. The van der Waals surface area contributed by atoms with Gasteiger partial charge in [-0.1, -0.05) is 18.2 Å². The Morgan fingerprint density at radius 1 is 1.21 bits per heavy atom. The molecule has 0 N–H and O–H groups in total. The summed E-state index contributed by atoms with van der Waals surface area (Å²) in [6, 6.07) is 13.4. The normalized spacial score (nSPS) is 9.71. The Hall–Kier alpha value is -1.96. The summed E-state index contributed by atoms with van der Waals surface area (Å²) in [6.07, 6.45) is 3.21. The van der Waals surface area contributed by atoms with Crippen molar-refractivity contribution in [3.63, 3.8) is 0 Å². The van der Waals surface area contributed by atoms with Crippen LogP contribution in [0.2, 0.25) is 0 Å². The number of ketones is 1. The molecule has 0 atom stereocenters. The SMILES string of the molecule is O=C(c1c[c]ccc1)c1cccnc1. The molecule has 2 rings (SSSR count). The molecule has 67 valence electrons. The molecule has 0 aliphatic carbocycles. The highest BCUT2D eigenvalue weighted by atomic mass is 16.1. The number of rotatable bonds is 2. The van der Waals surface area contributed by atoms with Crippen LogP contribution in [-0.2, 0) is 0 Å². The van der Waals surface area contributed by atoms with Crippen LogP contribution in [-0.4, -0.2) is 10.8 Å². The van der Waals surface area contributed by atoms with E-state index in [1.807, 2.05) is 0 Å². The maximum Gasteiger partial charge on any atom is 0.194 e. The summed E-state index contributed by atoms with van der Waals surface area (Å²) in [5.41, 5.74) is 1.24. The largest absolute Gasteiger partial charge is 0.289 e. The molecular formula is C12H8NO. The molecule has 2 aromatic rings. The van der Waals surface area contributed by atoms with Crippen LogP contribution in [0, 0.1) is 6.07 Å². The van der Waals surface area contributed by atoms with Gasteiger partial charge in [-0.05, 0) is 24.3 Å². The number of carbonyl (C=O) groups excluding carboxylic acids is 1. The van der Waals surface area contributed by atoms with Crippen molar-refractivity contribution < 1.29 is 4.79 Å². The van der Waals surface area contributed by atoms with Crippen molar-refractivity contribution in [2.24, 2.45) is 0 Å². The zero-order valence-corrected chi connectivity index (χ0v) is 7.47. The first-order valence-corrected chi connectivity index (χ1v) is 4.29. The maximum absolute atomic E-state index is 11.8. The molecule has 1 heterocycles. The summed E-state index contributed by atoms with van der Waals surface area (Å²) in [6.45, 7) is 0. The fraction of sp³-hybridized carbons (Fsp3) is 0. The maximum atomic E-state index is 11.8. The second-order valence-electron chi connectivity index (χ2n) is 2.86. The topological polar surface area (TPSA) is 30.0 Å². The first-order valence-electron chi connectivity index (χ1n) is 4.29. The molecule has 1 aromatic heterocycles. The molecule has 0 amide bonds. The molecule has 2 heteroatoms. The minimum absolute atomic E-state index is 0.0186. The van der Waals surface area contributed by atoms with Gasteiger partial charge in [-0.2, -0.15) is 0 Å². The van der Waals surface area contributed by atoms with Crippen LogP contribution in [0.15, 0.2) is 48.8 Å². The quantitative estimate of drug-likeness (QED) is 0.666. The molecule has 2 nitrogen and oxygen atoms in total. The van der Waals surface area contributed by atoms with Crippen molar-refractivity contribution in [2.45, 2.75) is 0 Å². The third-order valence-corrected chi connectivity index (χ3v) is 1.89. The molecule has 0 saturated carbocycles. The standard InChI is InChI=1S/C12H8NO/c14-12(10-5-2-1-3-6-10)11-7-4-8-13-9-11/h1-2,4-9H. The predicted molar refractivity (Wildman–Crippen MR) is 52.9 cm³/mol. The van der Waals surface area contributed by atoms with Gasteiger partial charge in [0.25, 0.3) is 0 Å². The second-order valence-corrected chi connectivity index (χ2v) is 2.86. The van der Waals surface area contributed by atoms with E-state index in [0.717, 1.165) is 0 Å². The van der Waals surface area contributed by atoms with Crippen molar-refractivity contribution in [3.05, 3.63) is 66.0 Å². The summed E-state index contributed by atoms with van der Waals surface area (Å²) in [5, 5.41) is 0. The van der Waals surface area contributed by atoms with Gasteiger partial charge < -0.3 is 0 Å². The van der Waals surface area contributed by atoms with E-state index in [1.165, 1.54) is 0 Å². The number of benzene rings is 1. The van der Waals surface area contributed by atoms with Crippen LogP contribution < -0.4 is 0 Å². The Morgan fingerprint density at radius 2 is 2.07 bits per heavy atom. The third-order valence-electron chi connectivity index (χ3n) is 1.89. The first kappa shape index (κ1) is 8.63.